The summed E-state index contributed by atoms with van der Waals surface area (Å²) in [7, 11) is 2.08. The molecule has 0 aromatic rings. The van der Waals surface area contributed by atoms with Gasteiger partial charge in [0, 0.05) is 32.2 Å². The quantitative estimate of drug-likeness (QED) is 0.758. The smallest absolute Gasteiger partial charge is 0.315 e. The summed E-state index contributed by atoms with van der Waals surface area (Å²) in [5.41, 5.74) is 0. The van der Waals surface area contributed by atoms with Crippen molar-refractivity contribution in [3.8, 4) is 0 Å². The molecule has 1 unspecified atom stereocenters. The van der Waals surface area contributed by atoms with Crippen molar-refractivity contribution in [2.24, 2.45) is 5.92 Å². The highest BCUT2D eigenvalue weighted by Crippen LogP contribution is 2.27. The average Bonchev–Trinajstić information content (AvgIpc) is 2.59. The SMILES string of the molecule is CC(C)N(C)CCCCN1CCNCC(C(F)(F)F)C1. The van der Waals surface area contributed by atoms with Crippen LogP contribution in [0.3, 0.4) is 0 Å². The van der Waals surface area contributed by atoms with Gasteiger partial charge in [0.15, 0.2) is 0 Å². The molecule has 3 nitrogen and oxygen atoms in total. The molecule has 1 fully saturated rings. The van der Waals surface area contributed by atoms with Crippen LogP contribution in [0.1, 0.15) is 26.7 Å². The number of nitrogens with zero attached hydrogens (tertiary/aromatic N) is 2. The second-order valence-electron chi connectivity index (χ2n) is 6.02. The first-order valence-electron chi connectivity index (χ1n) is 7.50. The first-order valence-corrected chi connectivity index (χ1v) is 7.50. The van der Waals surface area contributed by atoms with E-state index >= 15 is 0 Å². The molecule has 0 aromatic heterocycles. The van der Waals surface area contributed by atoms with Crippen LogP contribution in [-0.2, 0) is 0 Å². The lowest BCUT2D eigenvalue weighted by molar-refractivity contribution is -0.175. The molecule has 20 heavy (non-hydrogen) atoms. The third kappa shape index (κ3) is 6.41. The van der Waals surface area contributed by atoms with Crippen LogP contribution >= 0.6 is 0 Å². The molecule has 0 spiro atoms. The summed E-state index contributed by atoms with van der Waals surface area (Å²) in [5, 5.41) is 2.89. The maximum Gasteiger partial charge on any atom is 0.394 e. The van der Waals surface area contributed by atoms with Gasteiger partial charge >= 0.3 is 6.18 Å². The third-order valence-corrected chi connectivity index (χ3v) is 4.05. The summed E-state index contributed by atoms with van der Waals surface area (Å²) in [6.07, 6.45) is -2.09. The molecular weight excluding hydrogens is 267 g/mol. The van der Waals surface area contributed by atoms with Gasteiger partial charge in [0.05, 0.1) is 5.92 Å². The van der Waals surface area contributed by atoms with Crippen molar-refractivity contribution in [1.29, 1.82) is 0 Å². The lowest BCUT2D eigenvalue weighted by atomic mass is 10.1. The topological polar surface area (TPSA) is 18.5 Å². The molecule has 0 aliphatic carbocycles. The first-order chi connectivity index (χ1) is 9.30. The predicted octanol–water partition coefficient (Wildman–Crippen LogP) is 2.19. The number of rotatable bonds is 6. The van der Waals surface area contributed by atoms with Crippen molar-refractivity contribution in [2.75, 3.05) is 46.3 Å². The highest BCUT2D eigenvalue weighted by Gasteiger charge is 2.40. The van der Waals surface area contributed by atoms with Gasteiger partial charge in [-0.3, -0.25) is 0 Å². The number of halogens is 3. The molecule has 1 N–H and O–H groups in total. The number of hydrogen-bond acceptors (Lipinski definition) is 3. The van der Waals surface area contributed by atoms with Crippen molar-refractivity contribution in [3.63, 3.8) is 0 Å². The van der Waals surface area contributed by atoms with Crippen LogP contribution in [0, 0.1) is 5.92 Å². The molecule has 0 amide bonds. The molecule has 1 rings (SSSR count). The highest BCUT2D eigenvalue weighted by molar-refractivity contribution is 4.78. The zero-order chi connectivity index (χ0) is 15.2. The molecule has 1 saturated heterocycles. The third-order valence-electron chi connectivity index (χ3n) is 4.05. The van der Waals surface area contributed by atoms with Gasteiger partial charge in [-0.05, 0) is 46.8 Å². The van der Waals surface area contributed by atoms with Gasteiger partial charge in [-0.2, -0.15) is 13.2 Å². The van der Waals surface area contributed by atoms with E-state index in [1.807, 2.05) is 4.90 Å². The number of unbranched alkanes of at least 4 members (excludes halogenated alkanes) is 1. The van der Waals surface area contributed by atoms with E-state index in [-0.39, 0.29) is 13.1 Å². The van der Waals surface area contributed by atoms with E-state index in [0.29, 0.717) is 19.1 Å². The minimum atomic E-state index is -4.09. The number of hydrogen-bond donors (Lipinski definition) is 1. The first kappa shape index (κ1) is 17.7. The highest BCUT2D eigenvalue weighted by atomic mass is 19.4. The molecule has 0 bridgehead atoms. The van der Waals surface area contributed by atoms with Crippen molar-refractivity contribution in [3.05, 3.63) is 0 Å². The van der Waals surface area contributed by atoms with Crippen LogP contribution in [-0.4, -0.2) is 68.3 Å². The second-order valence-corrected chi connectivity index (χ2v) is 6.02. The average molecular weight is 295 g/mol. The van der Waals surface area contributed by atoms with E-state index in [4.69, 9.17) is 0 Å². The summed E-state index contributed by atoms with van der Waals surface area (Å²) < 4.78 is 38.4. The van der Waals surface area contributed by atoms with E-state index in [2.05, 4.69) is 31.1 Å². The van der Waals surface area contributed by atoms with E-state index < -0.39 is 12.1 Å². The molecule has 120 valence electrons. The van der Waals surface area contributed by atoms with E-state index in [0.717, 1.165) is 25.9 Å². The Morgan fingerprint density at radius 3 is 2.60 bits per heavy atom. The summed E-state index contributed by atoms with van der Waals surface area (Å²) in [4.78, 5) is 4.22. The molecule has 0 aromatic carbocycles. The molecule has 1 aliphatic rings. The Bertz CT molecular complexity index is 269. The van der Waals surface area contributed by atoms with Crippen LogP contribution in [0.15, 0.2) is 0 Å². The maximum atomic E-state index is 12.8. The van der Waals surface area contributed by atoms with Crippen molar-refractivity contribution < 1.29 is 13.2 Å². The number of alkyl halides is 3. The summed E-state index contributed by atoms with van der Waals surface area (Å²) in [5.74, 6) is -1.23. The lowest BCUT2D eigenvalue weighted by Crippen LogP contribution is -2.38. The second kappa shape index (κ2) is 8.20. The van der Waals surface area contributed by atoms with Gasteiger partial charge in [0.25, 0.3) is 0 Å². The van der Waals surface area contributed by atoms with Crippen LogP contribution in [0.25, 0.3) is 0 Å². The normalized spacial score (nSPS) is 22.5. The van der Waals surface area contributed by atoms with E-state index in [1.54, 1.807) is 0 Å². The predicted molar refractivity (Wildman–Crippen MR) is 75.9 cm³/mol. The fourth-order valence-corrected chi connectivity index (χ4v) is 2.36. The van der Waals surface area contributed by atoms with Crippen LogP contribution < -0.4 is 5.32 Å². The minimum absolute atomic E-state index is 0.0517. The molecule has 1 aliphatic heterocycles. The van der Waals surface area contributed by atoms with Crippen molar-refractivity contribution in [2.45, 2.75) is 38.9 Å². The molecular formula is C14H28F3N3. The van der Waals surface area contributed by atoms with E-state index in [9.17, 15) is 13.2 Å². The van der Waals surface area contributed by atoms with Gasteiger partial charge in [0.1, 0.15) is 0 Å². The molecule has 6 heteroatoms. The largest absolute Gasteiger partial charge is 0.394 e. The van der Waals surface area contributed by atoms with Gasteiger partial charge in [-0.15, -0.1) is 0 Å². The Morgan fingerprint density at radius 2 is 2.00 bits per heavy atom. The lowest BCUT2D eigenvalue weighted by Gasteiger charge is -2.26. The Morgan fingerprint density at radius 1 is 1.30 bits per heavy atom. The zero-order valence-electron chi connectivity index (χ0n) is 12.8. The zero-order valence-corrected chi connectivity index (χ0v) is 12.8. The van der Waals surface area contributed by atoms with Gasteiger partial charge in [-0.1, -0.05) is 0 Å². The molecule has 1 heterocycles. The molecule has 1 atom stereocenters. The monoisotopic (exact) mass is 295 g/mol. The number of nitrogens with one attached hydrogen (secondary N) is 1. The molecule has 0 saturated carbocycles. The summed E-state index contributed by atoms with van der Waals surface area (Å²) >= 11 is 0. The van der Waals surface area contributed by atoms with Crippen molar-refractivity contribution >= 4 is 0 Å². The fraction of sp³-hybridized carbons (Fsp3) is 1.00. The van der Waals surface area contributed by atoms with Gasteiger partial charge in [-0.25, -0.2) is 0 Å². The van der Waals surface area contributed by atoms with Crippen LogP contribution in [0.4, 0.5) is 13.2 Å². The van der Waals surface area contributed by atoms with Crippen molar-refractivity contribution in [1.82, 2.24) is 15.1 Å². The minimum Gasteiger partial charge on any atom is -0.315 e. The molecule has 0 radical (unpaired) electrons. The Hall–Kier alpha value is -0.330. The Kier molecular flexibility index (Phi) is 7.26. The summed E-state index contributed by atoms with van der Waals surface area (Å²) in [6, 6.07) is 0.520. The Labute approximate surface area is 120 Å². The van der Waals surface area contributed by atoms with Gasteiger partial charge in [0.2, 0.25) is 0 Å². The van der Waals surface area contributed by atoms with E-state index in [1.165, 1.54) is 0 Å². The van der Waals surface area contributed by atoms with Crippen LogP contribution in [0.2, 0.25) is 0 Å². The Balaban J connectivity index is 2.28. The standard InChI is InChI=1S/C14H28F3N3/c1-12(2)19(3)7-4-5-8-20-9-6-18-10-13(11-20)14(15,16)17/h12-13,18H,4-11H2,1-3H3. The van der Waals surface area contributed by atoms with Crippen LogP contribution in [0.5, 0.6) is 0 Å². The van der Waals surface area contributed by atoms with Gasteiger partial charge < -0.3 is 15.1 Å². The maximum absolute atomic E-state index is 12.8. The fourth-order valence-electron chi connectivity index (χ4n) is 2.36. The summed E-state index contributed by atoms with van der Waals surface area (Å²) in [6.45, 7) is 7.62.